The molecule has 0 aromatic heterocycles. The van der Waals surface area contributed by atoms with Crippen molar-refractivity contribution in [3.05, 3.63) is 65.7 Å². The summed E-state index contributed by atoms with van der Waals surface area (Å²) < 4.78 is 27.4. The van der Waals surface area contributed by atoms with Gasteiger partial charge in [-0.1, -0.05) is 61.9 Å². The Labute approximate surface area is 143 Å². The molecule has 2 aromatic rings. The Kier molecular flexibility index (Phi) is 4.28. The third-order valence-corrected chi connectivity index (χ3v) is 6.57. The summed E-state index contributed by atoms with van der Waals surface area (Å²) in [5, 5.41) is 11.1. The minimum Gasteiger partial charge on any atom is -0.382 e. The summed E-state index contributed by atoms with van der Waals surface area (Å²) in [7, 11) is -3.62. The third-order valence-electron chi connectivity index (χ3n) is 4.73. The van der Waals surface area contributed by atoms with Crippen LogP contribution in [0.5, 0.6) is 0 Å². The highest BCUT2D eigenvalue weighted by atomic mass is 32.2. The van der Waals surface area contributed by atoms with Crippen molar-refractivity contribution >= 4 is 10.0 Å². The first-order valence-corrected chi connectivity index (χ1v) is 9.57. The minimum atomic E-state index is -3.62. The van der Waals surface area contributed by atoms with Gasteiger partial charge in [0.1, 0.15) is 5.60 Å². The number of sulfonamides is 1. The zero-order valence-corrected chi connectivity index (χ0v) is 15.0. The molecule has 1 fully saturated rings. The van der Waals surface area contributed by atoms with Gasteiger partial charge in [-0.15, -0.1) is 0 Å². The second kappa shape index (κ2) is 5.99. The largest absolute Gasteiger partial charge is 0.382 e. The van der Waals surface area contributed by atoms with Crippen LogP contribution in [0.15, 0.2) is 59.5 Å². The van der Waals surface area contributed by atoms with E-state index in [0.29, 0.717) is 0 Å². The van der Waals surface area contributed by atoms with Crippen LogP contribution in [0.3, 0.4) is 0 Å². The Bertz CT molecular complexity index is 815. The molecule has 5 heteroatoms. The molecular formula is C19H23NO3S. The number of aryl methyl sites for hydroxylation is 1. The molecular weight excluding hydrogens is 322 g/mol. The van der Waals surface area contributed by atoms with Crippen molar-refractivity contribution in [1.29, 1.82) is 0 Å². The predicted molar refractivity (Wildman–Crippen MR) is 94.0 cm³/mol. The van der Waals surface area contributed by atoms with E-state index < -0.39 is 21.7 Å². The molecule has 2 atom stereocenters. The van der Waals surface area contributed by atoms with Crippen molar-refractivity contribution in [1.82, 2.24) is 4.31 Å². The normalized spacial score (nSPS) is 24.8. The number of benzene rings is 2. The van der Waals surface area contributed by atoms with Crippen molar-refractivity contribution < 1.29 is 13.5 Å². The van der Waals surface area contributed by atoms with Gasteiger partial charge in [0, 0.05) is 6.54 Å². The monoisotopic (exact) mass is 345 g/mol. The van der Waals surface area contributed by atoms with Gasteiger partial charge in [-0.25, -0.2) is 8.42 Å². The van der Waals surface area contributed by atoms with Gasteiger partial charge in [0.2, 0.25) is 10.0 Å². The Morgan fingerprint density at radius 1 is 1.08 bits per heavy atom. The molecule has 0 spiro atoms. The number of hydrogen-bond donors (Lipinski definition) is 1. The summed E-state index contributed by atoms with van der Waals surface area (Å²) in [6, 6.07) is 15.7. The molecule has 24 heavy (non-hydrogen) atoms. The molecule has 1 aliphatic rings. The summed E-state index contributed by atoms with van der Waals surface area (Å²) in [5.74, 6) is -0.0100. The lowest BCUT2D eigenvalue weighted by molar-refractivity contribution is -0.136. The lowest BCUT2D eigenvalue weighted by atomic mass is 9.74. The zero-order chi connectivity index (χ0) is 17.5. The third kappa shape index (κ3) is 2.66. The molecule has 2 aromatic carbocycles. The first kappa shape index (κ1) is 17.1. The lowest BCUT2D eigenvalue weighted by Crippen LogP contribution is -2.70. The second-order valence-corrected chi connectivity index (χ2v) is 8.73. The number of β-amino-alcohol motifs (C(OH)–C–C–N with tert-alkyl or cyclic N) is 1. The number of rotatable bonds is 4. The fraction of sp³-hybridized carbons (Fsp3) is 0.368. The molecule has 0 radical (unpaired) electrons. The van der Waals surface area contributed by atoms with Crippen LogP contribution in [-0.4, -0.2) is 30.4 Å². The lowest BCUT2D eigenvalue weighted by Gasteiger charge is -2.55. The zero-order valence-electron chi connectivity index (χ0n) is 14.2. The molecule has 0 amide bonds. The first-order valence-electron chi connectivity index (χ1n) is 8.13. The predicted octanol–water partition coefficient (Wildman–Crippen LogP) is 2.91. The van der Waals surface area contributed by atoms with Gasteiger partial charge >= 0.3 is 0 Å². The van der Waals surface area contributed by atoms with Crippen molar-refractivity contribution in [2.45, 2.75) is 37.3 Å². The van der Waals surface area contributed by atoms with Gasteiger partial charge in [0.15, 0.2) is 0 Å². The van der Waals surface area contributed by atoms with Gasteiger partial charge in [0.05, 0.1) is 10.9 Å². The van der Waals surface area contributed by atoms with Crippen molar-refractivity contribution in [2.24, 2.45) is 5.92 Å². The Balaban J connectivity index is 1.97. The summed E-state index contributed by atoms with van der Waals surface area (Å²) in [5.41, 5.74) is 0.630. The molecule has 1 saturated heterocycles. The van der Waals surface area contributed by atoms with Gasteiger partial charge in [-0.2, -0.15) is 4.31 Å². The number of aliphatic hydroxyl groups is 1. The van der Waals surface area contributed by atoms with E-state index in [4.69, 9.17) is 0 Å². The Morgan fingerprint density at radius 2 is 1.67 bits per heavy atom. The molecule has 2 unspecified atom stereocenters. The SMILES string of the molecule is Cc1ccc(S(=O)(=O)N2CC(O)(c3ccccc3)C2C(C)C)cc1. The maximum absolute atomic E-state index is 13.0. The number of hydrogen-bond acceptors (Lipinski definition) is 3. The Hall–Kier alpha value is -1.69. The van der Waals surface area contributed by atoms with E-state index in [-0.39, 0.29) is 17.4 Å². The molecule has 1 N–H and O–H groups in total. The highest BCUT2D eigenvalue weighted by Gasteiger charge is 2.58. The highest BCUT2D eigenvalue weighted by Crippen LogP contribution is 2.45. The van der Waals surface area contributed by atoms with E-state index >= 15 is 0 Å². The average Bonchev–Trinajstić information content (AvgIpc) is 2.53. The average molecular weight is 345 g/mol. The molecule has 0 bridgehead atoms. The summed E-state index contributed by atoms with van der Waals surface area (Å²) in [4.78, 5) is 0.272. The highest BCUT2D eigenvalue weighted by molar-refractivity contribution is 7.89. The van der Waals surface area contributed by atoms with E-state index in [1.54, 1.807) is 24.3 Å². The van der Waals surface area contributed by atoms with Crippen LogP contribution < -0.4 is 0 Å². The molecule has 1 heterocycles. The molecule has 4 nitrogen and oxygen atoms in total. The fourth-order valence-corrected chi connectivity index (χ4v) is 5.34. The van der Waals surface area contributed by atoms with Gasteiger partial charge in [-0.05, 0) is 30.5 Å². The van der Waals surface area contributed by atoms with Crippen molar-refractivity contribution in [2.75, 3.05) is 6.54 Å². The smallest absolute Gasteiger partial charge is 0.243 e. The number of nitrogens with zero attached hydrogens (tertiary/aromatic N) is 1. The van der Waals surface area contributed by atoms with Crippen LogP contribution in [-0.2, 0) is 15.6 Å². The van der Waals surface area contributed by atoms with Crippen molar-refractivity contribution in [3.8, 4) is 0 Å². The molecule has 3 rings (SSSR count). The minimum absolute atomic E-state index is 0.0100. The van der Waals surface area contributed by atoms with Gasteiger partial charge < -0.3 is 5.11 Å². The van der Waals surface area contributed by atoms with Crippen LogP contribution in [0.4, 0.5) is 0 Å². The van der Waals surface area contributed by atoms with Crippen molar-refractivity contribution in [3.63, 3.8) is 0 Å². The van der Waals surface area contributed by atoms with Gasteiger partial charge in [-0.3, -0.25) is 0 Å². The van der Waals surface area contributed by atoms with E-state index in [9.17, 15) is 13.5 Å². The second-order valence-electron chi connectivity index (χ2n) is 6.84. The van der Waals surface area contributed by atoms with Crippen LogP contribution in [0.2, 0.25) is 0 Å². The molecule has 128 valence electrons. The van der Waals surface area contributed by atoms with E-state index in [1.165, 1.54) is 4.31 Å². The summed E-state index contributed by atoms with van der Waals surface area (Å²) in [6.07, 6.45) is 0. The Morgan fingerprint density at radius 3 is 2.21 bits per heavy atom. The fourth-order valence-electron chi connectivity index (χ4n) is 3.51. The molecule has 1 aliphatic heterocycles. The first-order chi connectivity index (χ1) is 11.3. The van der Waals surface area contributed by atoms with Crippen LogP contribution >= 0.6 is 0 Å². The van der Waals surface area contributed by atoms with Crippen LogP contribution in [0.25, 0.3) is 0 Å². The van der Waals surface area contributed by atoms with E-state index in [1.807, 2.05) is 51.1 Å². The maximum Gasteiger partial charge on any atom is 0.243 e. The van der Waals surface area contributed by atoms with E-state index in [0.717, 1.165) is 11.1 Å². The summed E-state index contributed by atoms with van der Waals surface area (Å²) >= 11 is 0. The topological polar surface area (TPSA) is 57.6 Å². The molecule has 0 saturated carbocycles. The van der Waals surface area contributed by atoms with Crippen LogP contribution in [0.1, 0.15) is 25.0 Å². The summed E-state index contributed by atoms with van der Waals surface area (Å²) in [6.45, 7) is 5.88. The van der Waals surface area contributed by atoms with Gasteiger partial charge in [0.25, 0.3) is 0 Å². The van der Waals surface area contributed by atoms with Crippen LogP contribution in [0, 0.1) is 12.8 Å². The molecule has 0 aliphatic carbocycles. The standard InChI is InChI=1S/C19H23NO3S/c1-14(2)18-19(21,16-7-5-4-6-8-16)13-20(18)24(22,23)17-11-9-15(3)10-12-17/h4-12,14,18,21H,13H2,1-3H3. The van der Waals surface area contributed by atoms with E-state index in [2.05, 4.69) is 0 Å². The quantitative estimate of drug-likeness (QED) is 0.927. The maximum atomic E-state index is 13.0.